The number of hydrogen-bond acceptors (Lipinski definition) is 16. The van der Waals surface area contributed by atoms with E-state index in [-0.39, 0.29) is 99.8 Å². The first-order chi connectivity index (χ1) is 23.5. The van der Waals surface area contributed by atoms with E-state index in [1.54, 1.807) is 17.4 Å². The summed E-state index contributed by atoms with van der Waals surface area (Å²) in [6, 6.07) is 16.4. The zero-order valence-electron chi connectivity index (χ0n) is 28.0. The number of fused-ring (bicyclic) bond motifs is 3. The van der Waals surface area contributed by atoms with Crippen LogP contribution in [0.3, 0.4) is 0 Å². The summed E-state index contributed by atoms with van der Waals surface area (Å²) in [5.41, 5.74) is 3.97. The van der Waals surface area contributed by atoms with E-state index in [2.05, 4.69) is 21.6 Å². The van der Waals surface area contributed by atoms with Crippen molar-refractivity contribution in [3.63, 3.8) is 0 Å². The Morgan fingerprint density at radius 1 is 0.660 bits per heavy atom. The Morgan fingerprint density at radius 3 is 1.83 bits per heavy atom. The van der Waals surface area contributed by atoms with Crippen molar-refractivity contribution in [2.75, 3.05) is 5.43 Å². The monoisotopic (exact) mass is 834 g/mol. The fourth-order valence-corrected chi connectivity index (χ4v) is 9.28. The van der Waals surface area contributed by atoms with Crippen molar-refractivity contribution in [3.8, 4) is 21.1 Å². The van der Waals surface area contributed by atoms with Crippen LogP contribution < -0.4 is 94.1 Å². The van der Waals surface area contributed by atoms with Gasteiger partial charge in [0, 0.05) is 16.7 Å². The fraction of sp³-hybridized carbons (Fsp3) is 0.0323. The predicted molar refractivity (Wildman–Crippen MR) is 183 cm³/mol. The Hall–Kier alpha value is -1.73. The number of aryl methyl sites for hydroxylation is 1. The van der Waals surface area contributed by atoms with Gasteiger partial charge in [-0.2, -0.15) is 5.10 Å². The van der Waals surface area contributed by atoms with Crippen LogP contribution in [-0.2, 0) is 35.1 Å². The van der Waals surface area contributed by atoms with Crippen molar-refractivity contribution < 1.29 is 132 Å². The molecule has 0 amide bonds. The molecule has 0 fully saturated rings. The van der Waals surface area contributed by atoms with Crippen LogP contribution in [0.25, 0.3) is 47.7 Å². The standard InChI is InChI=1S/C31H20N4O10S5.3Na/c1-15-2-6-20-24(10-15)46-30(32-20)17-3-7-21-25(12-17)47-31(33-21)18-4-8-22(26(13-18)49(40,41)42)34-35-29-23(36)9-5-16-11-19(48(37,38)39)14-27(28(16)29)50(43,44)45;;;/h2-14,34H,1H3,(H,37,38,39)(H,40,41,42)(H,43,44,45);;;/q;3*+1/p-3/b35-29+;;;. The molecule has 7 rings (SSSR count). The van der Waals surface area contributed by atoms with Crippen LogP contribution in [-0.4, -0.2) is 60.4 Å². The summed E-state index contributed by atoms with van der Waals surface area (Å²) in [6.45, 7) is 2.00. The van der Waals surface area contributed by atoms with Crippen molar-refractivity contribution in [1.29, 1.82) is 0 Å². The van der Waals surface area contributed by atoms with Crippen LogP contribution in [0, 0.1) is 6.92 Å². The molecule has 2 aromatic heterocycles. The Balaban J connectivity index is 0.00000209. The Morgan fingerprint density at radius 2 is 1.23 bits per heavy atom. The number of hydrazone groups is 1. The molecule has 0 aliphatic heterocycles. The molecule has 1 aliphatic carbocycles. The summed E-state index contributed by atoms with van der Waals surface area (Å²) in [5, 5.41) is 5.02. The molecule has 0 saturated carbocycles. The molecule has 254 valence electrons. The maximum atomic E-state index is 12.8. The van der Waals surface area contributed by atoms with Crippen LogP contribution in [0.5, 0.6) is 0 Å². The summed E-state index contributed by atoms with van der Waals surface area (Å²) >= 11 is 2.79. The number of allylic oxidation sites excluding steroid dienone is 1. The van der Waals surface area contributed by atoms with Crippen LogP contribution in [0.15, 0.2) is 92.6 Å². The zero-order chi connectivity index (χ0) is 35.7. The van der Waals surface area contributed by atoms with Gasteiger partial charge >= 0.3 is 88.7 Å². The molecule has 0 unspecified atom stereocenters. The third-order valence-corrected chi connectivity index (χ3v) is 12.2. The predicted octanol–water partition coefficient (Wildman–Crippen LogP) is -4.32. The summed E-state index contributed by atoms with van der Waals surface area (Å²) in [5.74, 6) is -0.953. The number of rotatable bonds is 7. The van der Waals surface area contributed by atoms with Gasteiger partial charge in [0.05, 0.1) is 40.8 Å². The first-order valence-corrected chi connectivity index (χ1v) is 19.9. The van der Waals surface area contributed by atoms with Crippen molar-refractivity contribution in [3.05, 3.63) is 89.5 Å². The largest absolute Gasteiger partial charge is 1.00 e. The third-order valence-electron chi connectivity index (χ3n) is 7.51. The Kier molecular flexibility index (Phi) is 13.6. The molecule has 2 heterocycles. The van der Waals surface area contributed by atoms with Crippen molar-refractivity contribution in [1.82, 2.24) is 9.97 Å². The van der Waals surface area contributed by atoms with Gasteiger partial charge in [0.15, 0.2) is 0 Å². The molecule has 0 saturated heterocycles. The van der Waals surface area contributed by atoms with Gasteiger partial charge in [-0.05, 0) is 84.8 Å². The van der Waals surface area contributed by atoms with Crippen molar-refractivity contribution in [2.45, 2.75) is 21.6 Å². The van der Waals surface area contributed by atoms with Crippen LogP contribution in [0.1, 0.15) is 16.7 Å². The third kappa shape index (κ3) is 9.13. The molecular formula is C31H17N4Na3O10S5. The van der Waals surface area contributed by atoms with Gasteiger partial charge in [-0.1, -0.05) is 12.1 Å². The molecule has 1 N–H and O–H groups in total. The first-order valence-electron chi connectivity index (χ1n) is 14.0. The average molecular weight is 835 g/mol. The minimum Gasteiger partial charge on any atom is -0.744 e. The average Bonchev–Trinajstić information content (AvgIpc) is 3.66. The zero-order valence-corrected chi connectivity index (χ0v) is 38.1. The quantitative estimate of drug-likeness (QED) is 0.0911. The summed E-state index contributed by atoms with van der Waals surface area (Å²) < 4.78 is 110. The number of anilines is 1. The number of nitrogens with one attached hydrogen (secondary N) is 1. The second kappa shape index (κ2) is 16.4. The smallest absolute Gasteiger partial charge is 0.744 e. The molecule has 0 atom stereocenters. The second-order valence-electron chi connectivity index (χ2n) is 10.9. The first kappa shape index (κ1) is 44.0. The van der Waals surface area contributed by atoms with Crippen LogP contribution in [0.4, 0.5) is 5.69 Å². The molecule has 14 nitrogen and oxygen atoms in total. The van der Waals surface area contributed by atoms with Crippen molar-refractivity contribution >= 4 is 96.7 Å². The molecule has 0 bridgehead atoms. The molecular weight excluding hydrogens is 818 g/mol. The van der Waals surface area contributed by atoms with Crippen molar-refractivity contribution in [2.24, 2.45) is 5.10 Å². The summed E-state index contributed by atoms with van der Waals surface area (Å²) in [7, 11) is -15.9. The summed E-state index contributed by atoms with van der Waals surface area (Å²) in [6.07, 6.45) is 1.86. The van der Waals surface area contributed by atoms with Gasteiger partial charge in [-0.15, -0.1) is 22.7 Å². The topological polar surface area (TPSA) is 239 Å². The molecule has 0 spiro atoms. The van der Waals surface area contributed by atoms with E-state index in [1.165, 1.54) is 23.5 Å². The van der Waals surface area contributed by atoms with Gasteiger partial charge in [0.2, 0.25) is 5.78 Å². The number of thiazole rings is 2. The van der Waals surface area contributed by atoms with Gasteiger partial charge < -0.3 is 13.7 Å². The van der Waals surface area contributed by atoms with Crippen LogP contribution in [0.2, 0.25) is 0 Å². The number of hydrogen-bond donors (Lipinski definition) is 1. The second-order valence-corrected chi connectivity index (χ2v) is 17.1. The molecule has 0 radical (unpaired) electrons. The van der Waals surface area contributed by atoms with E-state index >= 15 is 0 Å². The minimum atomic E-state index is -5.47. The number of nitrogens with zero attached hydrogens (tertiary/aromatic N) is 3. The molecule has 1 aliphatic rings. The van der Waals surface area contributed by atoms with E-state index in [0.29, 0.717) is 16.6 Å². The number of ketones is 1. The van der Waals surface area contributed by atoms with E-state index < -0.39 is 67.8 Å². The fourth-order valence-electron chi connectivity index (χ4n) is 5.22. The van der Waals surface area contributed by atoms with Gasteiger partial charge in [0.25, 0.3) is 0 Å². The van der Waals surface area contributed by atoms with Crippen LogP contribution >= 0.6 is 22.7 Å². The SMILES string of the molecule is Cc1ccc2nc(-c3ccc4nc(-c5ccc(N/N=C6\C(=O)C=Cc7cc(S(=O)(=O)[O-])cc(S(=O)(=O)[O-])c76)c(S(=O)(=O)[O-])c5)sc4c3)sc2c1.[Na+].[Na+].[Na+]. The number of carbonyl (C=O) groups excluding carboxylic acids is 1. The Bertz CT molecular complexity index is 2870. The Labute approximate surface area is 377 Å². The maximum absolute atomic E-state index is 12.8. The van der Waals surface area contributed by atoms with Gasteiger partial charge in [-0.25, -0.2) is 35.2 Å². The molecule has 6 aromatic rings. The van der Waals surface area contributed by atoms with E-state index in [4.69, 9.17) is 4.98 Å². The maximum Gasteiger partial charge on any atom is 1.00 e. The number of carbonyl (C=O) groups is 1. The molecule has 53 heavy (non-hydrogen) atoms. The van der Waals surface area contributed by atoms with Gasteiger partial charge in [0.1, 0.15) is 46.1 Å². The molecule has 4 aromatic carbocycles. The van der Waals surface area contributed by atoms with E-state index in [1.807, 2.05) is 31.2 Å². The normalized spacial score (nSPS) is 13.7. The number of aromatic nitrogens is 2. The van der Waals surface area contributed by atoms with Gasteiger partial charge in [-0.3, -0.25) is 10.2 Å². The van der Waals surface area contributed by atoms with E-state index in [9.17, 15) is 43.7 Å². The molecule has 22 heteroatoms. The van der Waals surface area contributed by atoms with E-state index in [0.717, 1.165) is 55.3 Å². The summed E-state index contributed by atoms with van der Waals surface area (Å²) in [4.78, 5) is 19.1. The minimum absolute atomic E-state index is 0. The number of benzene rings is 4.